The third-order valence-electron chi connectivity index (χ3n) is 5.03. The summed E-state index contributed by atoms with van der Waals surface area (Å²) in [6, 6.07) is 5.37. The van der Waals surface area contributed by atoms with Gasteiger partial charge in [-0.25, -0.2) is 4.79 Å². The highest BCUT2D eigenvalue weighted by atomic mass is 32.1. The largest absolute Gasteiger partial charge is 0.494 e. The first-order chi connectivity index (χ1) is 14.0. The third kappa shape index (κ3) is 5.06. The van der Waals surface area contributed by atoms with Gasteiger partial charge >= 0.3 is 5.97 Å². The molecule has 29 heavy (non-hydrogen) atoms. The van der Waals surface area contributed by atoms with E-state index >= 15 is 0 Å². The van der Waals surface area contributed by atoms with Crippen LogP contribution in [0.5, 0.6) is 5.75 Å². The van der Waals surface area contributed by atoms with Crippen molar-refractivity contribution in [2.24, 2.45) is 0 Å². The fourth-order valence-corrected chi connectivity index (χ4v) is 4.57. The molecule has 1 N–H and O–H groups in total. The van der Waals surface area contributed by atoms with Gasteiger partial charge in [-0.2, -0.15) is 0 Å². The fourth-order valence-electron chi connectivity index (χ4n) is 3.50. The molecule has 1 aromatic carbocycles. The summed E-state index contributed by atoms with van der Waals surface area (Å²) in [5, 5.41) is 3.56. The Morgan fingerprint density at radius 2 is 1.79 bits per heavy atom. The minimum Gasteiger partial charge on any atom is -0.494 e. The highest BCUT2D eigenvalue weighted by molar-refractivity contribution is 7.21. The Morgan fingerprint density at radius 3 is 2.45 bits per heavy atom. The molecule has 0 unspecified atom stereocenters. The summed E-state index contributed by atoms with van der Waals surface area (Å²) in [6.45, 7) is 1.58. The Kier molecular flexibility index (Phi) is 7.09. The van der Waals surface area contributed by atoms with Crippen molar-refractivity contribution < 1.29 is 23.9 Å². The van der Waals surface area contributed by atoms with E-state index in [4.69, 9.17) is 9.47 Å². The van der Waals surface area contributed by atoms with Gasteiger partial charge in [0.05, 0.1) is 14.2 Å². The molecule has 1 saturated heterocycles. The number of likely N-dealkylation sites (tertiary alicyclic amines) is 1. The van der Waals surface area contributed by atoms with Crippen LogP contribution in [0.15, 0.2) is 18.2 Å². The number of nitrogens with zero attached hydrogens (tertiary/aromatic N) is 1. The van der Waals surface area contributed by atoms with Crippen molar-refractivity contribution >= 4 is 44.9 Å². The van der Waals surface area contributed by atoms with Gasteiger partial charge in [0, 0.05) is 41.7 Å². The molecule has 1 fully saturated rings. The molecule has 0 aliphatic carbocycles. The molecule has 0 spiro atoms. The van der Waals surface area contributed by atoms with Crippen molar-refractivity contribution in [2.75, 3.05) is 32.6 Å². The van der Waals surface area contributed by atoms with Gasteiger partial charge in [-0.05, 0) is 31.0 Å². The Labute approximate surface area is 174 Å². The van der Waals surface area contributed by atoms with Gasteiger partial charge in [0.15, 0.2) is 10.6 Å². The van der Waals surface area contributed by atoms with Gasteiger partial charge in [0.25, 0.3) is 0 Å². The number of esters is 1. The molecule has 156 valence electrons. The molecule has 2 amide bonds. The van der Waals surface area contributed by atoms with Crippen LogP contribution in [0.4, 0.5) is 5.69 Å². The number of benzene rings is 1. The van der Waals surface area contributed by atoms with Gasteiger partial charge in [0.1, 0.15) is 0 Å². The van der Waals surface area contributed by atoms with E-state index in [1.807, 2.05) is 11.0 Å². The van der Waals surface area contributed by atoms with Crippen molar-refractivity contribution in [3.63, 3.8) is 0 Å². The zero-order valence-corrected chi connectivity index (χ0v) is 17.6. The predicted octanol–water partition coefficient (Wildman–Crippen LogP) is 3.82. The average Bonchev–Trinajstić information content (AvgIpc) is 2.89. The van der Waals surface area contributed by atoms with Gasteiger partial charge in [-0.3, -0.25) is 9.59 Å². The molecule has 0 bridgehead atoms. The number of carbonyl (C=O) groups is 3. The SMILES string of the molecule is COC(=O)c1sc2ccc(NC(=O)CCC(=O)N3CCCCCC3)cc2c1OC. The zero-order chi connectivity index (χ0) is 20.8. The fraction of sp³-hybridized carbons (Fsp3) is 0.476. The molecule has 0 saturated carbocycles. The molecule has 2 aromatic rings. The normalized spacial score (nSPS) is 14.3. The second kappa shape index (κ2) is 9.73. The lowest BCUT2D eigenvalue weighted by atomic mass is 10.2. The second-order valence-electron chi connectivity index (χ2n) is 7.01. The van der Waals surface area contributed by atoms with Gasteiger partial charge in [-0.1, -0.05) is 12.8 Å². The number of nitrogens with one attached hydrogen (secondary N) is 1. The molecule has 3 rings (SSSR count). The van der Waals surface area contributed by atoms with Crippen LogP contribution in [0.3, 0.4) is 0 Å². The first-order valence-electron chi connectivity index (χ1n) is 9.80. The maximum Gasteiger partial charge on any atom is 0.351 e. The number of hydrogen-bond acceptors (Lipinski definition) is 6. The van der Waals surface area contributed by atoms with Crippen LogP contribution in [-0.4, -0.2) is 50.0 Å². The maximum absolute atomic E-state index is 12.3. The van der Waals surface area contributed by atoms with Crippen molar-refractivity contribution in [1.82, 2.24) is 4.90 Å². The number of carbonyl (C=O) groups excluding carboxylic acids is 3. The number of methoxy groups -OCH3 is 2. The predicted molar refractivity (Wildman–Crippen MR) is 113 cm³/mol. The van der Waals surface area contributed by atoms with Crippen LogP contribution in [0.1, 0.15) is 48.2 Å². The molecule has 1 aromatic heterocycles. The zero-order valence-electron chi connectivity index (χ0n) is 16.8. The Hall–Kier alpha value is -2.61. The molecule has 0 atom stereocenters. The van der Waals surface area contributed by atoms with Crippen LogP contribution < -0.4 is 10.1 Å². The molecule has 1 aliphatic heterocycles. The lowest BCUT2D eigenvalue weighted by molar-refractivity contribution is -0.132. The average molecular weight is 419 g/mol. The Balaban J connectivity index is 1.64. The quantitative estimate of drug-likeness (QED) is 0.721. The van der Waals surface area contributed by atoms with E-state index in [0.29, 0.717) is 16.3 Å². The summed E-state index contributed by atoms with van der Waals surface area (Å²) in [5.74, 6) is -0.195. The number of anilines is 1. The van der Waals surface area contributed by atoms with Crippen LogP contribution in [0.2, 0.25) is 0 Å². The molecule has 7 nitrogen and oxygen atoms in total. The van der Waals surface area contributed by atoms with Crippen molar-refractivity contribution in [1.29, 1.82) is 0 Å². The molecule has 0 radical (unpaired) electrons. The number of thiophene rings is 1. The number of rotatable bonds is 6. The topological polar surface area (TPSA) is 84.9 Å². The summed E-state index contributed by atoms with van der Waals surface area (Å²) >= 11 is 1.28. The van der Waals surface area contributed by atoms with Crippen LogP contribution >= 0.6 is 11.3 Å². The van der Waals surface area contributed by atoms with Crippen molar-refractivity contribution in [2.45, 2.75) is 38.5 Å². The summed E-state index contributed by atoms with van der Waals surface area (Å²) < 4.78 is 11.0. The maximum atomic E-state index is 12.3. The third-order valence-corrected chi connectivity index (χ3v) is 6.16. The van der Waals surface area contributed by atoms with Gasteiger partial charge in [0.2, 0.25) is 11.8 Å². The van der Waals surface area contributed by atoms with Crippen molar-refractivity contribution in [3.8, 4) is 5.75 Å². The lowest BCUT2D eigenvalue weighted by Gasteiger charge is -2.20. The van der Waals surface area contributed by atoms with Crippen LogP contribution in [0.25, 0.3) is 10.1 Å². The van der Waals surface area contributed by atoms with E-state index in [2.05, 4.69) is 5.32 Å². The second-order valence-corrected chi connectivity index (χ2v) is 8.06. The molecular formula is C21H26N2O5S. The highest BCUT2D eigenvalue weighted by Gasteiger charge is 2.21. The summed E-state index contributed by atoms with van der Waals surface area (Å²) in [5.41, 5.74) is 0.595. The van der Waals surface area contributed by atoms with E-state index in [-0.39, 0.29) is 24.7 Å². The van der Waals surface area contributed by atoms with Crippen molar-refractivity contribution in [3.05, 3.63) is 23.1 Å². The molecule has 2 heterocycles. The van der Waals surface area contributed by atoms with Crippen LogP contribution in [-0.2, 0) is 14.3 Å². The minimum atomic E-state index is -0.458. The molecule has 1 aliphatic rings. The van der Waals surface area contributed by atoms with E-state index in [9.17, 15) is 14.4 Å². The van der Waals surface area contributed by atoms with Gasteiger partial charge < -0.3 is 19.7 Å². The van der Waals surface area contributed by atoms with Gasteiger partial charge in [-0.15, -0.1) is 11.3 Å². The number of ether oxygens (including phenoxy) is 2. The number of fused-ring (bicyclic) bond motifs is 1. The Morgan fingerprint density at radius 1 is 1.07 bits per heavy atom. The van der Waals surface area contributed by atoms with E-state index < -0.39 is 5.97 Å². The highest BCUT2D eigenvalue weighted by Crippen LogP contribution is 2.39. The minimum absolute atomic E-state index is 0.0414. The Bertz CT molecular complexity index is 900. The standard InChI is InChI=1S/C21H26N2O5S/c1-27-19-15-13-14(7-8-16(15)29-20(19)21(26)28-2)22-17(24)9-10-18(25)23-11-5-3-4-6-12-23/h7-8,13H,3-6,9-12H2,1-2H3,(H,22,24). The summed E-state index contributed by atoms with van der Waals surface area (Å²) in [7, 11) is 2.82. The number of amides is 2. The van der Waals surface area contributed by atoms with E-state index in [1.165, 1.54) is 25.6 Å². The molecule has 8 heteroatoms. The lowest BCUT2D eigenvalue weighted by Crippen LogP contribution is -2.32. The first-order valence-corrected chi connectivity index (χ1v) is 10.6. The smallest absolute Gasteiger partial charge is 0.351 e. The first kappa shape index (κ1) is 21.1. The number of hydrogen-bond donors (Lipinski definition) is 1. The van der Waals surface area contributed by atoms with E-state index in [0.717, 1.165) is 48.9 Å². The molecular weight excluding hydrogens is 392 g/mol. The summed E-state index contributed by atoms with van der Waals surface area (Å²) in [6.07, 6.45) is 4.75. The van der Waals surface area contributed by atoms with Crippen LogP contribution in [0, 0.1) is 0 Å². The monoisotopic (exact) mass is 418 g/mol. The van der Waals surface area contributed by atoms with E-state index in [1.54, 1.807) is 12.1 Å². The summed E-state index contributed by atoms with van der Waals surface area (Å²) in [4.78, 5) is 38.9.